The molecule has 3 aromatic rings. The number of benzene rings is 2. The van der Waals surface area contributed by atoms with Crippen LogP contribution in [-0.2, 0) is 4.79 Å². The molecule has 8 heteroatoms. The molecule has 0 atom stereocenters. The van der Waals surface area contributed by atoms with Crippen LogP contribution < -0.4 is 4.90 Å². The van der Waals surface area contributed by atoms with Gasteiger partial charge in [0.25, 0.3) is 5.69 Å². The number of non-ortho nitro benzene ring substituents is 1. The van der Waals surface area contributed by atoms with Gasteiger partial charge in [-0.15, -0.1) is 0 Å². The van der Waals surface area contributed by atoms with Crippen LogP contribution in [0, 0.1) is 10.1 Å². The molecule has 0 saturated carbocycles. The second-order valence-corrected chi connectivity index (χ2v) is 7.47. The van der Waals surface area contributed by atoms with E-state index in [4.69, 9.17) is 0 Å². The number of hydrogen-bond donors (Lipinski definition) is 0. The zero-order chi connectivity index (χ0) is 19.5. The van der Waals surface area contributed by atoms with Crippen LogP contribution in [0.2, 0.25) is 0 Å². The highest BCUT2D eigenvalue weighted by Gasteiger charge is 2.21. The molecule has 142 valence electrons. The lowest BCUT2D eigenvalue weighted by atomic mass is 10.2. The molecule has 1 aliphatic heterocycles. The minimum atomic E-state index is -0.444. The first-order chi connectivity index (χ1) is 13.6. The summed E-state index contributed by atoms with van der Waals surface area (Å²) in [6.45, 7) is 2.70. The lowest BCUT2D eigenvalue weighted by Crippen LogP contribution is -2.48. The van der Waals surface area contributed by atoms with Crippen molar-refractivity contribution in [3.63, 3.8) is 0 Å². The molecule has 4 rings (SSSR count). The van der Waals surface area contributed by atoms with Gasteiger partial charge < -0.3 is 9.80 Å². The monoisotopic (exact) mass is 394 g/mol. The number of fused-ring (bicyclic) bond motifs is 1. The fourth-order valence-corrected chi connectivity index (χ4v) is 4.15. The minimum absolute atomic E-state index is 0.0130. The molecular weight excluding hydrogens is 376 g/mol. The predicted octanol–water partition coefficient (Wildman–Crippen LogP) is 3.57. The maximum atomic E-state index is 12.4. The van der Waals surface area contributed by atoms with E-state index in [2.05, 4.69) is 16.0 Å². The van der Waals surface area contributed by atoms with Gasteiger partial charge in [-0.25, -0.2) is 4.98 Å². The third-order valence-electron chi connectivity index (χ3n) is 4.64. The largest absolute Gasteiger partial charge is 0.345 e. The number of carbonyl (C=O) groups is 1. The summed E-state index contributed by atoms with van der Waals surface area (Å²) in [5.41, 5.74) is 1.65. The maximum Gasteiger partial charge on any atom is 0.270 e. The number of piperazine rings is 1. The zero-order valence-corrected chi connectivity index (χ0v) is 15.8. The Labute approximate surface area is 165 Å². The fourth-order valence-electron chi connectivity index (χ4n) is 3.13. The Morgan fingerprint density at radius 2 is 1.89 bits per heavy atom. The highest BCUT2D eigenvalue weighted by Crippen LogP contribution is 2.29. The molecule has 2 heterocycles. The smallest absolute Gasteiger partial charge is 0.270 e. The van der Waals surface area contributed by atoms with Crippen molar-refractivity contribution in [2.24, 2.45) is 0 Å². The molecule has 0 unspecified atom stereocenters. The van der Waals surface area contributed by atoms with Crippen molar-refractivity contribution in [1.82, 2.24) is 9.88 Å². The Balaban J connectivity index is 1.37. The summed E-state index contributed by atoms with van der Waals surface area (Å²) >= 11 is 1.67. The van der Waals surface area contributed by atoms with E-state index < -0.39 is 4.92 Å². The van der Waals surface area contributed by atoms with Crippen molar-refractivity contribution in [2.75, 3.05) is 31.1 Å². The molecule has 1 amide bonds. The first-order valence-corrected chi connectivity index (χ1v) is 9.74. The summed E-state index contributed by atoms with van der Waals surface area (Å²) in [7, 11) is 0. The highest BCUT2D eigenvalue weighted by molar-refractivity contribution is 7.22. The second kappa shape index (κ2) is 7.77. The SMILES string of the molecule is O=C(/C=C/c1cccc([N+](=O)[O-])c1)N1CCN(c2nc3ccccc3s2)CC1. The van der Waals surface area contributed by atoms with Gasteiger partial charge in [-0.05, 0) is 23.8 Å². The predicted molar refractivity (Wildman–Crippen MR) is 111 cm³/mol. The van der Waals surface area contributed by atoms with E-state index in [9.17, 15) is 14.9 Å². The Kier molecular flexibility index (Phi) is 5.03. The van der Waals surface area contributed by atoms with E-state index in [1.165, 1.54) is 18.2 Å². The molecule has 1 saturated heterocycles. The van der Waals surface area contributed by atoms with Crippen LogP contribution in [0.4, 0.5) is 10.8 Å². The van der Waals surface area contributed by atoms with E-state index >= 15 is 0 Å². The summed E-state index contributed by atoms with van der Waals surface area (Å²) in [6.07, 6.45) is 3.10. The van der Waals surface area contributed by atoms with Crippen LogP contribution in [0.25, 0.3) is 16.3 Å². The summed E-state index contributed by atoms with van der Waals surface area (Å²) in [5.74, 6) is -0.0875. The molecule has 1 fully saturated rings. The topological polar surface area (TPSA) is 79.6 Å². The molecule has 28 heavy (non-hydrogen) atoms. The summed E-state index contributed by atoms with van der Waals surface area (Å²) in [4.78, 5) is 31.5. The third-order valence-corrected chi connectivity index (χ3v) is 5.74. The number of nitro groups is 1. The number of carbonyl (C=O) groups excluding carboxylic acids is 1. The first kappa shape index (κ1) is 18.1. The van der Waals surface area contributed by atoms with Crippen molar-refractivity contribution in [3.05, 3.63) is 70.3 Å². The first-order valence-electron chi connectivity index (χ1n) is 8.92. The number of rotatable bonds is 4. The quantitative estimate of drug-likeness (QED) is 0.384. The number of thiazole rings is 1. The molecule has 0 spiro atoms. The number of nitro benzene ring substituents is 1. The number of aromatic nitrogens is 1. The van der Waals surface area contributed by atoms with Crippen molar-refractivity contribution in [3.8, 4) is 0 Å². The fraction of sp³-hybridized carbons (Fsp3) is 0.200. The van der Waals surface area contributed by atoms with Gasteiger partial charge in [-0.3, -0.25) is 14.9 Å². The summed E-state index contributed by atoms with van der Waals surface area (Å²) in [5, 5.41) is 11.8. The summed E-state index contributed by atoms with van der Waals surface area (Å²) < 4.78 is 1.16. The Morgan fingerprint density at radius 3 is 2.64 bits per heavy atom. The van der Waals surface area contributed by atoms with Crippen molar-refractivity contribution < 1.29 is 9.72 Å². The van der Waals surface area contributed by atoms with E-state index in [1.54, 1.807) is 34.4 Å². The van der Waals surface area contributed by atoms with Crippen LogP contribution in [0.15, 0.2) is 54.6 Å². The minimum Gasteiger partial charge on any atom is -0.345 e. The lowest BCUT2D eigenvalue weighted by molar-refractivity contribution is -0.384. The van der Waals surface area contributed by atoms with Crippen molar-refractivity contribution >= 4 is 44.4 Å². The van der Waals surface area contributed by atoms with Crippen LogP contribution >= 0.6 is 11.3 Å². The molecular formula is C20H18N4O3S. The highest BCUT2D eigenvalue weighted by atomic mass is 32.1. The molecule has 0 bridgehead atoms. The lowest BCUT2D eigenvalue weighted by Gasteiger charge is -2.34. The van der Waals surface area contributed by atoms with Gasteiger partial charge in [-0.2, -0.15) is 0 Å². The van der Waals surface area contributed by atoms with Gasteiger partial charge in [0, 0.05) is 44.4 Å². The average molecular weight is 394 g/mol. The Bertz CT molecular complexity index is 1020. The van der Waals surface area contributed by atoms with E-state index in [1.807, 2.05) is 18.2 Å². The Morgan fingerprint density at radius 1 is 1.11 bits per heavy atom. The molecule has 1 aromatic heterocycles. The number of anilines is 1. The summed E-state index contributed by atoms with van der Waals surface area (Å²) in [6, 6.07) is 14.3. The number of amides is 1. The average Bonchev–Trinajstić information content (AvgIpc) is 3.16. The van der Waals surface area contributed by atoms with Gasteiger partial charge >= 0.3 is 0 Å². The van der Waals surface area contributed by atoms with E-state index in [0.29, 0.717) is 18.7 Å². The van der Waals surface area contributed by atoms with Gasteiger partial charge in [-0.1, -0.05) is 35.6 Å². The molecule has 2 aromatic carbocycles. The molecule has 0 N–H and O–H groups in total. The van der Waals surface area contributed by atoms with Crippen molar-refractivity contribution in [2.45, 2.75) is 0 Å². The van der Waals surface area contributed by atoms with Crippen LogP contribution in [0.3, 0.4) is 0 Å². The van der Waals surface area contributed by atoms with E-state index in [-0.39, 0.29) is 11.6 Å². The third kappa shape index (κ3) is 3.86. The second-order valence-electron chi connectivity index (χ2n) is 6.46. The molecule has 0 aliphatic carbocycles. The molecule has 0 radical (unpaired) electrons. The van der Waals surface area contributed by atoms with Crippen LogP contribution in [-0.4, -0.2) is 46.9 Å². The van der Waals surface area contributed by atoms with Gasteiger partial charge in [0.2, 0.25) is 5.91 Å². The zero-order valence-electron chi connectivity index (χ0n) is 15.0. The van der Waals surface area contributed by atoms with Gasteiger partial charge in [0.1, 0.15) is 0 Å². The molecule has 1 aliphatic rings. The number of para-hydroxylation sites is 1. The number of hydrogen-bond acceptors (Lipinski definition) is 6. The normalized spacial score (nSPS) is 14.7. The molecule has 7 nitrogen and oxygen atoms in total. The van der Waals surface area contributed by atoms with Crippen molar-refractivity contribution in [1.29, 1.82) is 0 Å². The van der Waals surface area contributed by atoms with E-state index in [0.717, 1.165) is 28.4 Å². The Hall–Kier alpha value is -3.26. The van der Waals surface area contributed by atoms with Crippen LogP contribution in [0.5, 0.6) is 0 Å². The van der Waals surface area contributed by atoms with Gasteiger partial charge in [0.15, 0.2) is 5.13 Å². The number of nitrogens with zero attached hydrogens (tertiary/aromatic N) is 4. The standard InChI is InChI=1S/C20H18N4O3S/c25-19(9-8-15-4-3-5-16(14-15)24(26)27)22-10-12-23(13-11-22)20-21-17-6-1-2-7-18(17)28-20/h1-9,14H,10-13H2/b9-8+. The van der Waals surface area contributed by atoms with Crippen LogP contribution in [0.1, 0.15) is 5.56 Å². The maximum absolute atomic E-state index is 12.4. The van der Waals surface area contributed by atoms with Gasteiger partial charge in [0.05, 0.1) is 15.1 Å².